The lowest BCUT2D eigenvalue weighted by Gasteiger charge is -2.21. The van der Waals surface area contributed by atoms with Gasteiger partial charge in [-0.1, -0.05) is 6.92 Å². The molecule has 1 aliphatic rings. The van der Waals surface area contributed by atoms with Gasteiger partial charge in [-0.05, 0) is 39.7 Å². The molecule has 2 atom stereocenters. The number of rotatable bonds is 5. The molecule has 1 aliphatic heterocycles. The third kappa shape index (κ3) is 3.53. The van der Waals surface area contributed by atoms with Gasteiger partial charge in [-0.15, -0.1) is 11.3 Å². The van der Waals surface area contributed by atoms with E-state index in [4.69, 9.17) is 9.72 Å². The summed E-state index contributed by atoms with van der Waals surface area (Å²) < 4.78 is 5.79. The molecule has 0 bridgehead atoms. The average Bonchev–Trinajstić information content (AvgIpc) is 2.72. The van der Waals surface area contributed by atoms with Crippen LogP contribution in [0.1, 0.15) is 54.7 Å². The first-order chi connectivity index (χ1) is 8.70. The van der Waals surface area contributed by atoms with Crippen LogP contribution < -0.4 is 5.32 Å². The second-order valence-corrected chi connectivity index (χ2v) is 6.14. The Morgan fingerprint density at radius 1 is 1.50 bits per heavy atom. The number of nitrogens with one attached hydrogen (secondary N) is 1. The van der Waals surface area contributed by atoms with Crippen molar-refractivity contribution in [1.82, 2.24) is 10.3 Å². The monoisotopic (exact) mass is 268 g/mol. The molecule has 0 saturated carbocycles. The molecule has 1 N–H and O–H groups in total. The standard InChI is InChI=1S/C14H24N2OS/c1-4-15-10(2)14-11(3)16-13(18-14)9-12-7-5-6-8-17-12/h10,12,15H,4-9H2,1-3H3. The molecule has 0 amide bonds. The molecule has 2 rings (SSSR count). The average molecular weight is 268 g/mol. The first-order valence-electron chi connectivity index (χ1n) is 7.02. The fraction of sp³-hybridized carbons (Fsp3) is 0.786. The van der Waals surface area contributed by atoms with Gasteiger partial charge in [0.05, 0.1) is 16.8 Å². The first kappa shape index (κ1) is 14.0. The van der Waals surface area contributed by atoms with E-state index in [1.54, 1.807) is 0 Å². The zero-order valence-corrected chi connectivity index (χ0v) is 12.5. The van der Waals surface area contributed by atoms with Crippen LogP contribution in [-0.2, 0) is 11.2 Å². The number of hydrogen-bond acceptors (Lipinski definition) is 4. The van der Waals surface area contributed by atoms with Gasteiger partial charge in [0.2, 0.25) is 0 Å². The highest BCUT2D eigenvalue weighted by Gasteiger charge is 2.19. The number of thiazole rings is 1. The van der Waals surface area contributed by atoms with E-state index in [1.807, 2.05) is 11.3 Å². The molecule has 1 aromatic heterocycles. The van der Waals surface area contributed by atoms with Crippen molar-refractivity contribution < 1.29 is 4.74 Å². The number of aromatic nitrogens is 1. The molecule has 1 saturated heterocycles. The van der Waals surface area contributed by atoms with E-state index >= 15 is 0 Å². The zero-order valence-electron chi connectivity index (χ0n) is 11.7. The molecular weight excluding hydrogens is 244 g/mol. The van der Waals surface area contributed by atoms with Crippen molar-refractivity contribution in [2.45, 2.75) is 58.6 Å². The fourth-order valence-electron chi connectivity index (χ4n) is 2.52. The Hall–Kier alpha value is -0.450. The lowest BCUT2D eigenvalue weighted by Crippen LogP contribution is -2.21. The molecule has 4 heteroatoms. The minimum absolute atomic E-state index is 0.395. The Labute approximate surface area is 114 Å². The van der Waals surface area contributed by atoms with Crippen LogP contribution in [0.3, 0.4) is 0 Å². The maximum Gasteiger partial charge on any atom is 0.0957 e. The van der Waals surface area contributed by atoms with Crippen LogP contribution in [0, 0.1) is 6.92 Å². The summed E-state index contributed by atoms with van der Waals surface area (Å²) >= 11 is 1.85. The molecule has 1 fully saturated rings. The Kier molecular flexibility index (Phi) is 5.15. The molecule has 18 heavy (non-hydrogen) atoms. The second-order valence-electron chi connectivity index (χ2n) is 5.03. The summed E-state index contributed by atoms with van der Waals surface area (Å²) in [6.07, 6.45) is 5.10. The van der Waals surface area contributed by atoms with Crippen LogP contribution >= 0.6 is 11.3 Å². The molecule has 0 aliphatic carbocycles. The molecule has 1 aromatic rings. The van der Waals surface area contributed by atoms with Crippen molar-refractivity contribution in [3.63, 3.8) is 0 Å². The lowest BCUT2D eigenvalue weighted by molar-refractivity contribution is 0.0167. The summed E-state index contributed by atoms with van der Waals surface area (Å²) in [5.41, 5.74) is 1.18. The first-order valence-corrected chi connectivity index (χ1v) is 7.83. The molecule has 3 nitrogen and oxygen atoms in total. The third-order valence-corrected chi connectivity index (χ3v) is 4.82. The maximum absolute atomic E-state index is 5.79. The van der Waals surface area contributed by atoms with E-state index in [9.17, 15) is 0 Å². The zero-order chi connectivity index (χ0) is 13.0. The van der Waals surface area contributed by atoms with E-state index in [1.165, 1.54) is 34.8 Å². The van der Waals surface area contributed by atoms with Gasteiger partial charge < -0.3 is 10.1 Å². The van der Waals surface area contributed by atoms with E-state index < -0.39 is 0 Å². The topological polar surface area (TPSA) is 34.1 Å². The summed E-state index contributed by atoms with van der Waals surface area (Å²) in [5.74, 6) is 0. The summed E-state index contributed by atoms with van der Waals surface area (Å²) in [6.45, 7) is 8.40. The Morgan fingerprint density at radius 2 is 2.33 bits per heavy atom. The van der Waals surface area contributed by atoms with Crippen molar-refractivity contribution in [3.05, 3.63) is 15.6 Å². The van der Waals surface area contributed by atoms with Gasteiger partial charge in [0.1, 0.15) is 0 Å². The Balaban J connectivity index is 1.99. The van der Waals surface area contributed by atoms with Gasteiger partial charge in [-0.3, -0.25) is 0 Å². The van der Waals surface area contributed by atoms with E-state index in [2.05, 4.69) is 26.1 Å². The quantitative estimate of drug-likeness (QED) is 0.890. The van der Waals surface area contributed by atoms with E-state index in [0.717, 1.165) is 19.6 Å². The number of nitrogens with zero attached hydrogens (tertiary/aromatic N) is 1. The van der Waals surface area contributed by atoms with Gasteiger partial charge in [-0.2, -0.15) is 0 Å². The predicted molar refractivity (Wildman–Crippen MR) is 76.2 cm³/mol. The molecule has 0 aromatic carbocycles. The summed E-state index contributed by atoms with van der Waals surface area (Å²) in [6, 6.07) is 0.411. The summed E-state index contributed by atoms with van der Waals surface area (Å²) in [7, 11) is 0. The minimum atomic E-state index is 0.395. The van der Waals surface area contributed by atoms with Crippen molar-refractivity contribution in [1.29, 1.82) is 0 Å². The van der Waals surface area contributed by atoms with Crippen LogP contribution in [0.25, 0.3) is 0 Å². The van der Waals surface area contributed by atoms with Gasteiger partial charge >= 0.3 is 0 Å². The van der Waals surface area contributed by atoms with E-state index in [-0.39, 0.29) is 0 Å². The highest BCUT2D eigenvalue weighted by molar-refractivity contribution is 7.11. The van der Waals surface area contributed by atoms with Crippen molar-refractivity contribution in [2.24, 2.45) is 0 Å². The number of aryl methyl sites for hydroxylation is 1. The lowest BCUT2D eigenvalue weighted by atomic mass is 10.1. The van der Waals surface area contributed by atoms with Crippen LogP contribution in [0.15, 0.2) is 0 Å². The van der Waals surface area contributed by atoms with Gasteiger partial charge in [0, 0.05) is 23.9 Å². The smallest absolute Gasteiger partial charge is 0.0957 e. The van der Waals surface area contributed by atoms with Crippen LogP contribution in [0.4, 0.5) is 0 Å². The van der Waals surface area contributed by atoms with Gasteiger partial charge in [-0.25, -0.2) is 4.98 Å². The Morgan fingerprint density at radius 3 is 3.00 bits per heavy atom. The summed E-state index contributed by atoms with van der Waals surface area (Å²) in [4.78, 5) is 6.08. The summed E-state index contributed by atoms with van der Waals surface area (Å²) in [5, 5.41) is 4.69. The van der Waals surface area contributed by atoms with Gasteiger partial charge in [0.25, 0.3) is 0 Å². The predicted octanol–water partition coefficient (Wildman–Crippen LogP) is 3.23. The molecule has 2 unspecified atom stereocenters. The third-order valence-electron chi connectivity index (χ3n) is 3.46. The largest absolute Gasteiger partial charge is 0.378 e. The second kappa shape index (κ2) is 6.64. The Bertz CT molecular complexity index is 372. The van der Waals surface area contributed by atoms with E-state index in [0.29, 0.717) is 12.1 Å². The maximum atomic E-state index is 5.79. The van der Waals surface area contributed by atoms with Gasteiger partial charge in [0.15, 0.2) is 0 Å². The van der Waals surface area contributed by atoms with Crippen molar-refractivity contribution in [3.8, 4) is 0 Å². The van der Waals surface area contributed by atoms with Crippen LogP contribution in [0.2, 0.25) is 0 Å². The molecule has 0 spiro atoms. The SMILES string of the molecule is CCNC(C)c1sc(CC2CCCCO2)nc1C. The molecule has 0 radical (unpaired) electrons. The number of hydrogen-bond donors (Lipinski definition) is 1. The molecule has 102 valence electrons. The fourth-order valence-corrected chi connectivity index (χ4v) is 3.68. The molecular formula is C14H24N2OS. The highest BCUT2D eigenvalue weighted by atomic mass is 32.1. The normalized spacial score (nSPS) is 22.1. The van der Waals surface area contributed by atoms with Crippen molar-refractivity contribution >= 4 is 11.3 Å². The highest BCUT2D eigenvalue weighted by Crippen LogP contribution is 2.27. The minimum Gasteiger partial charge on any atom is -0.378 e. The van der Waals surface area contributed by atoms with Crippen LogP contribution in [0.5, 0.6) is 0 Å². The van der Waals surface area contributed by atoms with Crippen LogP contribution in [-0.4, -0.2) is 24.2 Å². The number of ether oxygens (including phenoxy) is 1. The molecule has 2 heterocycles. The van der Waals surface area contributed by atoms with Crippen molar-refractivity contribution in [2.75, 3.05) is 13.2 Å².